The van der Waals surface area contributed by atoms with E-state index in [0.717, 1.165) is 0 Å². The highest BCUT2D eigenvalue weighted by Gasteiger charge is 2.00. The fourth-order valence-corrected chi connectivity index (χ4v) is 1.23. The van der Waals surface area contributed by atoms with Crippen molar-refractivity contribution >= 4 is 0 Å². The van der Waals surface area contributed by atoms with Crippen molar-refractivity contribution in [2.75, 3.05) is 0 Å². The maximum absolute atomic E-state index is 12.6. The Bertz CT molecular complexity index is 471. The van der Waals surface area contributed by atoms with Crippen LogP contribution in [0.15, 0.2) is 42.6 Å². The van der Waals surface area contributed by atoms with Gasteiger partial charge in [0.1, 0.15) is 11.6 Å². The summed E-state index contributed by atoms with van der Waals surface area (Å²) >= 11 is 0. The molecule has 0 saturated heterocycles. The summed E-state index contributed by atoms with van der Waals surface area (Å²) in [4.78, 5) is 3.98. The molecule has 2 rings (SSSR count). The molecular formula is C12H10FNO2. The number of aromatic nitrogens is 1. The lowest BCUT2D eigenvalue weighted by molar-refractivity contribution is 0.281. The summed E-state index contributed by atoms with van der Waals surface area (Å²) in [5.74, 6) is 0.562. The second-order valence-electron chi connectivity index (χ2n) is 3.22. The number of benzene rings is 1. The second-order valence-corrected chi connectivity index (χ2v) is 3.22. The maximum atomic E-state index is 12.6. The molecule has 1 aromatic carbocycles. The number of hydrogen-bond acceptors (Lipinski definition) is 3. The van der Waals surface area contributed by atoms with Crippen molar-refractivity contribution < 1.29 is 14.2 Å². The summed E-state index contributed by atoms with van der Waals surface area (Å²) < 4.78 is 18.0. The van der Waals surface area contributed by atoms with Crippen LogP contribution in [0.25, 0.3) is 0 Å². The van der Waals surface area contributed by atoms with E-state index in [1.807, 2.05) is 0 Å². The minimum Gasteiger partial charge on any atom is -0.439 e. The van der Waals surface area contributed by atoms with Gasteiger partial charge in [-0.2, -0.15) is 0 Å². The summed E-state index contributed by atoms with van der Waals surface area (Å²) in [6.45, 7) is -0.0672. The lowest BCUT2D eigenvalue weighted by atomic mass is 10.3. The lowest BCUT2D eigenvalue weighted by Crippen LogP contribution is -1.90. The summed E-state index contributed by atoms with van der Waals surface area (Å²) in [7, 11) is 0. The van der Waals surface area contributed by atoms with Crippen molar-refractivity contribution in [3.05, 3.63) is 54.0 Å². The summed E-state index contributed by atoms with van der Waals surface area (Å²) in [6, 6.07) is 8.97. The van der Waals surface area contributed by atoms with Crippen LogP contribution < -0.4 is 4.74 Å². The number of ether oxygens (including phenoxy) is 1. The van der Waals surface area contributed by atoms with Crippen LogP contribution in [0.1, 0.15) is 5.56 Å². The molecule has 0 aliphatic carbocycles. The lowest BCUT2D eigenvalue weighted by Gasteiger charge is -2.05. The van der Waals surface area contributed by atoms with Crippen molar-refractivity contribution in [3.8, 4) is 11.6 Å². The van der Waals surface area contributed by atoms with Crippen molar-refractivity contribution in [3.63, 3.8) is 0 Å². The van der Waals surface area contributed by atoms with Crippen molar-refractivity contribution in [2.45, 2.75) is 6.61 Å². The van der Waals surface area contributed by atoms with Gasteiger partial charge in [-0.25, -0.2) is 9.37 Å². The van der Waals surface area contributed by atoms with E-state index in [2.05, 4.69) is 4.98 Å². The van der Waals surface area contributed by atoms with Gasteiger partial charge in [0.25, 0.3) is 0 Å². The second kappa shape index (κ2) is 4.72. The highest BCUT2D eigenvalue weighted by atomic mass is 19.1. The molecule has 0 spiro atoms. The smallest absolute Gasteiger partial charge is 0.219 e. The molecule has 4 heteroatoms. The number of aliphatic hydroxyl groups is 1. The van der Waals surface area contributed by atoms with Crippen LogP contribution >= 0.6 is 0 Å². The zero-order valence-corrected chi connectivity index (χ0v) is 8.43. The highest BCUT2D eigenvalue weighted by molar-refractivity contribution is 5.28. The molecule has 0 atom stereocenters. The Morgan fingerprint density at radius 2 is 1.94 bits per heavy atom. The predicted molar refractivity (Wildman–Crippen MR) is 56.6 cm³/mol. The minimum atomic E-state index is -0.315. The fraction of sp³-hybridized carbons (Fsp3) is 0.0833. The van der Waals surface area contributed by atoms with E-state index in [4.69, 9.17) is 9.84 Å². The third-order valence-corrected chi connectivity index (χ3v) is 2.02. The quantitative estimate of drug-likeness (QED) is 0.862. The molecule has 0 amide bonds. The number of rotatable bonds is 3. The largest absolute Gasteiger partial charge is 0.439 e. The third kappa shape index (κ3) is 2.55. The summed E-state index contributed by atoms with van der Waals surface area (Å²) in [5.41, 5.74) is 0.715. The Morgan fingerprint density at radius 1 is 1.19 bits per heavy atom. The van der Waals surface area contributed by atoms with Crippen LogP contribution in [-0.4, -0.2) is 10.1 Å². The molecule has 0 bridgehead atoms. The number of hydrogen-bond donors (Lipinski definition) is 1. The van der Waals surface area contributed by atoms with Gasteiger partial charge in [0, 0.05) is 12.3 Å². The van der Waals surface area contributed by atoms with Crippen molar-refractivity contribution in [2.24, 2.45) is 0 Å². The Balaban J connectivity index is 2.16. The van der Waals surface area contributed by atoms with Gasteiger partial charge in [0.15, 0.2) is 0 Å². The van der Waals surface area contributed by atoms with Gasteiger partial charge in [0.2, 0.25) is 5.88 Å². The Morgan fingerprint density at radius 3 is 2.62 bits per heavy atom. The van der Waals surface area contributed by atoms with E-state index >= 15 is 0 Å². The third-order valence-electron chi connectivity index (χ3n) is 2.02. The van der Waals surface area contributed by atoms with E-state index < -0.39 is 0 Å². The molecule has 0 aliphatic rings. The summed E-state index contributed by atoms with van der Waals surface area (Å²) in [6.07, 6.45) is 1.55. The first kappa shape index (κ1) is 10.6. The predicted octanol–water partition coefficient (Wildman–Crippen LogP) is 2.51. The molecule has 16 heavy (non-hydrogen) atoms. The van der Waals surface area contributed by atoms with E-state index in [0.29, 0.717) is 17.2 Å². The molecule has 0 fully saturated rings. The number of aliphatic hydroxyl groups excluding tert-OH is 1. The Hall–Kier alpha value is -1.94. The van der Waals surface area contributed by atoms with Gasteiger partial charge in [-0.3, -0.25) is 0 Å². The summed E-state index contributed by atoms with van der Waals surface area (Å²) in [5, 5.41) is 8.93. The van der Waals surface area contributed by atoms with Gasteiger partial charge >= 0.3 is 0 Å². The number of halogens is 1. The van der Waals surface area contributed by atoms with E-state index in [-0.39, 0.29) is 12.4 Å². The zero-order valence-electron chi connectivity index (χ0n) is 8.43. The average molecular weight is 219 g/mol. The Labute approximate surface area is 92.1 Å². The minimum absolute atomic E-state index is 0.0672. The van der Waals surface area contributed by atoms with Gasteiger partial charge in [-0.15, -0.1) is 0 Å². The van der Waals surface area contributed by atoms with Crippen LogP contribution in [-0.2, 0) is 6.61 Å². The topological polar surface area (TPSA) is 42.4 Å². The standard InChI is InChI=1S/C12H10FNO2/c13-10-1-3-11(4-2-10)16-12-7-9(8-15)5-6-14-12/h1-7,15H,8H2. The van der Waals surface area contributed by atoms with E-state index in [9.17, 15) is 4.39 Å². The van der Waals surface area contributed by atoms with Crippen LogP contribution in [0.3, 0.4) is 0 Å². The van der Waals surface area contributed by atoms with E-state index in [1.54, 1.807) is 18.3 Å². The first-order valence-corrected chi connectivity index (χ1v) is 4.77. The highest BCUT2D eigenvalue weighted by Crippen LogP contribution is 2.20. The van der Waals surface area contributed by atoms with Crippen molar-refractivity contribution in [1.29, 1.82) is 0 Å². The number of nitrogens with zero attached hydrogens (tertiary/aromatic N) is 1. The van der Waals surface area contributed by atoms with Gasteiger partial charge in [-0.1, -0.05) is 0 Å². The van der Waals surface area contributed by atoms with Crippen LogP contribution in [0.4, 0.5) is 4.39 Å². The normalized spacial score (nSPS) is 10.1. The molecule has 2 aromatic rings. The first-order valence-electron chi connectivity index (χ1n) is 4.77. The molecule has 0 unspecified atom stereocenters. The molecule has 0 saturated carbocycles. The zero-order chi connectivity index (χ0) is 11.4. The number of pyridine rings is 1. The maximum Gasteiger partial charge on any atom is 0.219 e. The van der Waals surface area contributed by atoms with Gasteiger partial charge in [0.05, 0.1) is 6.61 Å². The van der Waals surface area contributed by atoms with Gasteiger partial charge < -0.3 is 9.84 Å². The fourth-order valence-electron chi connectivity index (χ4n) is 1.23. The molecule has 82 valence electrons. The monoisotopic (exact) mass is 219 g/mol. The SMILES string of the molecule is OCc1ccnc(Oc2ccc(F)cc2)c1. The first-order chi connectivity index (χ1) is 7.78. The average Bonchev–Trinajstić information content (AvgIpc) is 2.32. The molecule has 0 radical (unpaired) electrons. The molecule has 0 aliphatic heterocycles. The van der Waals surface area contributed by atoms with Crippen molar-refractivity contribution in [1.82, 2.24) is 4.98 Å². The van der Waals surface area contributed by atoms with Crippen LogP contribution in [0.5, 0.6) is 11.6 Å². The van der Waals surface area contributed by atoms with Crippen LogP contribution in [0.2, 0.25) is 0 Å². The molecule has 1 aromatic heterocycles. The van der Waals surface area contributed by atoms with Gasteiger partial charge in [-0.05, 0) is 35.9 Å². The molecule has 3 nitrogen and oxygen atoms in total. The van der Waals surface area contributed by atoms with E-state index in [1.165, 1.54) is 24.3 Å². The van der Waals surface area contributed by atoms with Crippen LogP contribution in [0, 0.1) is 5.82 Å². The molecule has 1 heterocycles. The Kier molecular flexibility index (Phi) is 3.12. The molecule has 1 N–H and O–H groups in total. The molecular weight excluding hydrogens is 209 g/mol.